The van der Waals surface area contributed by atoms with E-state index in [1.54, 1.807) is 0 Å². The lowest BCUT2D eigenvalue weighted by Crippen LogP contribution is -2.11. The molecule has 8 heteroatoms. The number of halogens is 4. The number of nitrogen functional groups attached to an aromatic ring is 1. The molecule has 0 radical (unpaired) electrons. The molecule has 0 aliphatic rings. The molecule has 0 unspecified atom stereocenters. The van der Waals surface area contributed by atoms with Crippen molar-refractivity contribution in [3.8, 4) is 0 Å². The molecule has 0 spiro atoms. The normalized spacial score (nSPS) is 11.6. The first-order valence-electron chi connectivity index (χ1n) is 5.01. The van der Waals surface area contributed by atoms with E-state index in [2.05, 4.69) is 10.2 Å². The average molecular weight is 273 g/mol. The first kappa shape index (κ1) is 13.1. The number of hydrogen-bond acceptors (Lipinski definition) is 3. The second-order valence-electron chi connectivity index (χ2n) is 3.72. The molecule has 1 aromatic carbocycles. The zero-order valence-electron chi connectivity index (χ0n) is 9.25. The van der Waals surface area contributed by atoms with Crippen molar-refractivity contribution in [1.82, 2.24) is 10.2 Å². The summed E-state index contributed by atoms with van der Waals surface area (Å²) in [5.74, 6) is -2.27. The van der Waals surface area contributed by atoms with Crippen LogP contribution in [-0.4, -0.2) is 16.0 Å². The first-order valence-corrected chi connectivity index (χ1v) is 5.01. The Balaban J connectivity index is 2.48. The van der Waals surface area contributed by atoms with Crippen LogP contribution < -0.4 is 5.73 Å². The van der Waals surface area contributed by atoms with Crippen LogP contribution in [0, 0.1) is 5.82 Å². The number of hydrogen-bond donors (Lipinski definition) is 2. The Kier molecular flexibility index (Phi) is 3.01. The van der Waals surface area contributed by atoms with Gasteiger partial charge in [-0.25, -0.2) is 4.39 Å². The van der Waals surface area contributed by atoms with Gasteiger partial charge in [-0.05, 0) is 18.2 Å². The fraction of sp³-hybridized carbons (Fsp3) is 0.0909. The SMILES string of the molecule is Nc1[nH]ncc1C(=O)c1ccc(F)c(C(F)(F)F)c1. The van der Waals surface area contributed by atoms with Crippen molar-refractivity contribution < 1.29 is 22.4 Å². The van der Waals surface area contributed by atoms with Crippen LogP contribution in [0.4, 0.5) is 23.4 Å². The summed E-state index contributed by atoms with van der Waals surface area (Å²) in [7, 11) is 0. The lowest BCUT2D eigenvalue weighted by Gasteiger charge is -2.09. The quantitative estimate of drug-likeness (QED) is 0.651. The fourth-order valence-corrected chi connectivity index (χ4v) is 1.52. The molecule has 0 fully saturated rings. The Labute approximate surface area is 104 Å². The van der Waals surface area contributed by atoms with E-state index in [1.807, 2.05) is 0 Å². The summed E-state index contributed by atoms with van der Waals surface area (Å²) in [5.41, 5.74) is 3.51. The maximum absolute atomic E-state index is 13.1. The van der Waals surface area contributed by atoms with Crippen molar-refractivity contribution in [2.75, 3.05) is 5.73 Å². The number of H-pyrrole nitrogens is 1. The number of anilines is 1. The van der Waals surface area contributed by atoms with Crippen LogP contribution in [0.5, 0.6) is 0 Å². The predicted molar refractivity (Wildman–Crippen MR) is 57.8 cm³/mol. The van der Waals surface area contributed by atoms with Crippen LogP contribution >= 0.6 is 0 Å². The Morgan fingerprint density at radius 2 is 2.00 bits per heavy atom. The van der Waals surface area contributed by atoms with E-state index in [0.29, 0.717) is 12.1 Å². The molecular formula is C11H7F4N3O. The van der Waals surface area contributed by atoms with Gasteiger partial charge in [0, 0.05) is 5.56 Å². The van der Waals surface area contributed by atoms with Gasteiger partial charge in [0.15, 0.2) is 5.78 Å². The van der Waals surface area contributed by atoms with Gasteiger partial charge < -0.3 is 5.73 Å². The molecule has 3 N–H and O–H groups in total. The molecule has 1 heterocycles. The number of carbonyl (C=O) groups is 1. The standard InChI is InChI=1S/C11H7F4N3O/c12-8-2-1-5(3-7(8)11(13,14)15)9(19)6-4-17-18-10(6)16/h1-4H,(H3,16,17,18). The summed E-state index contributed by atoms with van der Waals surface area (Å²) in [4.78, 5) is 11.9. The second kappa shape index (κ2) is 4.38. The molecular weight excluding hydrogens is 266 g/mol. The summed E-state index contributed by atoms with van der Waals surface area (Å²) < 4.78 is 50.6. The van der Waals surface area contributed by atoms with Crippen molar-refractivity contribution in [2.24, 2.45) is 0 Å². The van der Waals surface area contributed by atoms with E-state index in [-0.39, 0.29) is 16.9 Å². The highest BCUT2D eigenvalue weighted by molar-refractivity contribution is 6.11. The van der Waals surface area contributed by atoms with Gasteiger partial charge >= 0.3 is 6.18 Å². The number of nitrogens with one attached hydrogen (secondary N) is 1. The number of nitrogens with two attached hydrogens (primary N) is 1. The highest BCUT2D eigenvalue weighted by Crippen LogP contribution is 2.32. The summed E-state index contributed by atoms with van der Waals surface area (Å²) in [6, 6.07) is 2.00. The van der Waals surface area contributed by atoms with Gasteiger partial charge in [0.05, 0.1) is 17.3 Å². The summed E-state index contributed by atoms with van der Waals surface area (Å²) in [6.45, 7) is 0. The zero-order chi connectivity index (χ0) is 14.2. The average Bonchev–Trinajstić information content (AvgIpc) is 2.73. The molecule has 0 saturated heterocycles. The fourth-order valence-electron chi connectivity index (χ4n) is 1.52. The first-order chi connectivity index (χ1) is 8.80. The lowest BCUT2D eigenvalue weighted by molar-refractivity contribution is -0.140. The smallest absolute Gasteiger partial charge is 0.383 e. The van der Waals surface area contributed by atoms with E-state index < -0.39 is 23.3 Å². The maximum atomic E-state index is 13.1. The number of benzene rings is 1. The monoisotopic (exact) mass is 273 g/mol. The van der Waals surface area contributed by atoms with Gasteiger partial charge in [-0.3, -0.25) is 9.89 Å². The minimum absolute atomic E-state index is 0.0668. The van der Waals surface area contributed by atoms with Crippen LogP contribution in [0.15, 0.2) is 24.4 Å². The Morgan fingerprint density at radius 1 is 1.32 bits per heavy atom. The third kappa shape index (κ3) is 2.42. The third-order valence-corrected chi connectivity index (χ3v) is 2.45. The Bertz CT molecular complexity index is 633. The largest absolute Gasteiger partial charge is 0.419 e. The van der Waals surface area contributed by atoms with E-state index in [9.17, 15) is 22.4 Å². The number of alkyl halides is 3. The number of ketones is 1. The van der Waals surface area contributed by atoms with Crippen molar-refractivity contribution in [2.45, 2.75) is 6.18 Å². The van der Waals surface area contributed by atoms with Crippen molar-refractivity contribution in [3.63, 3.8) is 0 Å². The number of nitrogens with zero attached hydrogens (tertiary/aromatic N) is 1. The van der Waals surface area contributed by atoms with Crippen LogP contribution in [0.2, 0.25) is 0 Å². The van der Waals surface area contributed by atoms with E-state index in [0.717, 1.165) is 12.3 Å². The minimum atomic E-state index is -4.87. The molecule has 2 rings (SSSR count). The highest BCUT2D eigenvalue weighted by atomic mass is 19.4. The van der Waals surface area contributed by atoms with Crippen LogP contribution in [-0.2, 0) is 6.18 Å². The molecule has 0 aliphatic heterocycles. The molecule has 19 heavy (non-hydrogen) atoms. The van der Waals surface area contributed by atoms with Gasteiger partial charge in [0.25, 0.3) is 0 Å². The van der Waals surface area contributed by atoms with Gasteiger partial charge in [0.1, 0.15) is 11.6 Å². The summed E-state index contributed by atoms with van der Waals surface area (Å²) in [5, 5.41) is 5.78. The minimum Gasteiger partial charge on any atom is -0.383 e. The second-order valence-corrected chi connectivity index (χ2v) is 3.72. The number of rotatable bonds is 2. The highest BCUT2D eigenvalue weighted by Gasteiger charge is 2.34. The van der Waals surface area contributed by atoms with Gasteiger partial charge in [-0.15, -0.1) is 0 Å². The topological polar surface area (TPSA) is 71.8 Å². The van der Waals surface area contributed by atoms with Crippen LogP contribution in [0.25, 0.3) is 0 Å². The number of aromatic amines is 1. The van der Waals surface area contributed by atoms with E-state index >= 15 is 0 Å². The molecule has 1 aromatic heterocycles. The van der Waals surface area contributed by atoms with Crippen molar-refractivity contribution in [3.05, 3.63) is 46.9 Å². The van der Waals surface area contributed by atoms with Gasteiger partial charge in [-0.2, -0.15) is 18.3 Å². The third-order valence-electron chi connectivity index (χ3n) is 2.45. The Morgan fingerprint density at radius 3 is 2.53 bits per heavy atom. The van der Waals surface area contributed by atoms with Crippen LogP contribution in [0.3, 0.4) is 0 Å². The number of aromatic nitrogens is 2. The van der Waals surface area contributed by atoms with Crippen LogP contribution in [0.1, 0.15) is 21.5 Å². The maximum Gasteiger partial charge on any atom is 0.419 e. The number of carbonyl (C=O) groups excluding carboxylic acids is 1. The lowest BCUT2D eigenvalue weighted by atomic mass is 10.0. The molecule has 0 aliphatic carbocycles. The predicted octanol–water partition coefficient (Wildman–Crippen LogP) is 2.38. The van der Waals surface area contributed by atoms with Crippen molar-refractivity contribution in [1.29, 1.82) is 0 Å². The van der Waals surface area contributed by atoms with E-state index in [4.69, 9.17) is 5.73 Å². The molecule has 2 aromatic rings. The molecule has 0 bridgehead atoms. The van der Waals surface area contributed by atoms with E-state index in [1.165, 1.54) is 0 Å². The molecule has 0 atom stereocenters. The molecule has 4 nitrogen and oxygen atoms in total. The van der Waals surface area contributed by atoms with Crippen molar-refractivity contribution >= 4 is 11.6 Å². The van der Waals surface area contributed by atoms with Gasteiger partial charge in [0.2, 0.25) is 0 Å². The molecule has 100 valence electrons. The molecule has 0 amide bonds. The zero-order valence-corrected chi connectivity index (χ0v) is 9.25. The molecule has 0 saturated carbocycles. The summed E-state index contributed by atoms with van der Waals surface area (Å²) >= 11 is 0. The summed E-state index contributed by atoms with van der Waals surface area (Å²) in [6.07, 6.45) is -3.78. The van der Waals surface area contributed by atoms with Gasteiger partial charge in [-0.1, -0.05) is 0 Å². The Hall–Kier alpha value is -2.38.